The topological polar surface area (TPSA) is 48.0 Å². The monoisotopic (exact) mass is 391 g/mol. The van der Waals surface area contributed by atoms with Gasteiger partial charge in [0.25, 0.3) is 5.91 Å². The molecule has 0 fully saturated rings. The maximum absolute atomic E-state index is 13.3. The molecule has 0 bridgehead atoms. The van der Waals surface area contributed by atoms with Crippen LogP contribution in [-0.2, 0) is 13.1 Å². The van der Waals surface area contributed by atoms with Gasteiger partial charge >= 0.3 is 0 Å². The van der Waals surface area contributed by atoms with Crippen molar-refractivity contribution in [1.29, 1.82) is 0 Å². The van der Waals surface area contributed by atoms with E-state index in [-0.39, 0.29) is 5.91 Å². The fourth-order valence-corrected chi connectivity index (χ4v) is 3.04. The maximum atomic E-state index is 13.3. The minimum absolute atomic E-state index is 0.0597. The van der Waals surface area contributed by atoms with E-state index in [1.54, 1.807) is 33.5 Å². The zero-order valence-electron chi connectivity index (χ0n) is 16.9. The van der Waals surface area contributed by atoms with Crippen molar-refractivity contribution in [3.8, 4) is 17.2 Å². The number of hydrogen-bond acceptors (Lipinski definition) is 4. The quantitative estimate of drug-likeness (QED) is 0.565. The molecule has 0 aromatic heterocycles. The first-order valence-electron chi connectivity index (χ1n) is 9.32. The Kier molecular flexibility index (Phi) is 6.74. The number of rotatable bonds is 8. The van der Waals surface area contributed by atoms with E-state index >= 15 is 0 Å². The van der Waals surface area contributed by atoms with Crippen LogP contribution in [0.15, 0.2) is 72.8 Å². The number of hydrogen-bond donors (Lipinski definition) is 0. The van der Waals surface area contributed by atoms with Gasteiger partial charge in [0, 0.05) is 18.7 Å². The van der Waals surface area contributed by atoms with Crippen molar-refractivity contribution in [2.45, 2.75) is 13.1 Å². The predicted molar refractivity (Wildman–Crippen MR) is 113 cm³/mol. The van der Waals surface area contributed by atoms with Crippen LogP contribution >= 0.6 is 0 Å². The molecule has 3 aromatic carbocycles. The number of carbonyl (C=O) groups excluding carboxylic acids is 1. The molecule has 0 spiro atoms. The van der Waals surface area contributed by atoms with Gasteiger partial charge in [-0.25, -0.2) is 0 Å². The van der Waals surface area contributed by atoms with Crippen molar-refractivity contribution in [3.05, 3.63) is 89.5 Å². The van der Waals surface area contributed by atoms with Crippen LogP contribution in [-0.4, -0.2) is 32.1 Å². The van der Waals surface area contributed by atoms with Crippen LogP contribution in [0.1, 0.15) is 21.5 Å². The van der Waals surface area contributed by atoms with Crippen LogP contribution in [0.3, 0.4) is 0 Å². The fraction of sp³-hybridized carbons (Fsp3) is 0.208. The normalized spacial score (nSPS) is 10.3. The largest absolute Gasteiger partial charge is 0.497 e. The molecule has 0 N–H and O–H groups in total. The molecule has 5 nitrogen and oxygen atoms in total. The molecule has 0 aliphatic heterocycles. The molecular formula is C24H25NO4. The lowest BCUT2D eigenvalue weighted by Gasteiger charge is -2.24. The smallest absolute Gasteiger partial charge is 0.254 e. The second-order valence-corrected chi connectivity index (χ2v) is 6.59. The molecule has 0 saturated carbocycles. The molecule has 5 heteroatoms. The van der Waals surface area contributed by atoms with E-state index in [9.17, 15) is 4.79 Å². The molecule has 3 aromatic rings. The molecule has 3 rings (SSSR count). The van der Waals surface area contributed by atoms with E-state index < -0.39 is 0 Å². The summed E-state index contributed by atoms with van der Waals surface area (Å²) >= 11 is 0. The maximum Gasteiger partial charge on any atom is 0.254 e. The molecule has 0 unspecified atom stereocenters. The first-order valence-corrected chi connectivity index (χ1v) is 9.32. The number of amides is 1. The van der Waals surface area contributed by atoms with E-state index in [0.717, 1.165) is 22.6 Å². The summed E-state index contributed by atoms with van der Waals surface area (Å²) in [4.78, 5) is 15.1. The molecule has 0 radical (unpaired) electrons. The van der Waals surface area contributed by atoms with E-state index in [1.165, 1.54) is 0 Å². The average molecular weight is 391 g/mol. The Morgan fingerprint density at radius 3 is 1.62 bits per heavy atom. The van der Waals surface area contributed by atoms with Crippen LogP contribution in [0.5, 0.6) is 17.2 Å². The van der Waals surface area contributed by atoms with Crippen LogP contribution < -0.4 is 14.2 Å². The highest BCUT2D eigenvalue weighted by atomic mass is 16.5. The van der Waals surface area contributed by atoms with E-state index in [4.69, 9.17) is 14.2 Å². The number of nitrogens with zero attached hydrogens (tertiary/aromatic N) is 1. The minimum atomic E-state index is -0.0597. The van der Waals surface area contributed by atoms with Gasteiger partial charge in [0.2, 0.25) is 0 Å². The van der Waals surface area contributed by atoms with E-state index in [2.05, 4.69) is 0 Å². The molecule has 29 heavy (non-hydrogen) atoms. The molecule has 0 atom stereocenters. The Morgan fingerprint density at radius 1 is 0.690 bits per heavy atom. The van der Waals surface area contributed by atoms with Crippen molar-refractivity contribution in [2.75, 3.05) is 21.3 Å². The predicted octanol–water partition coefficient (Wildman–Crippen LogP) is 4.56. The van der Waals surface area contributed by atoms with E-state index in [0.29, 0.717) is 24.4 Å². The van der Waals surface area contributed by atoms with Crippen molar-refractivity contribution >= 4 is 5.91 Å². The Morgan fingerprint density at radius 2 is 1.17 bits per heavy atom. The summed E-state index contributed by atoms with van der Waals surface area (Å²) in [7, 11) is 4.87. The van der Waals surface area contributed by atoms with Gasteiger partial charge in [0.05, 0.1) is 21.3 Å². The minimum Gasteiger partial charge on any atom is -0.497 e. The Hall–Kier alpha value is -3.47. The van der Waals surface area contributed by atoms with Gasteiger partial charge in [-0.05, 0) is 53.6 Å². The molecule has 150 valence electrons. The standard InChI is InChI=1S/C24H25NO4/c1-27-21-11-7-18(8-12-21)16-25(17-19-9-13-22(28-2)14-10-19)24(26)20-5-4-6-23(15-20)29-3/h4-15H,16-17H2,1-3H3. The van der Waals surface area contributed by atoms with E-state index in [1.807, 2.05) is 65.6 Å². The third-order valence-corrected chi connectivity index (χ3v) is 4.67. The van der Waals surface area contributed by atoms with Gasteiger partial charge < -0.3 is 19.1 Å². The molecule has 0 saturated heterocycles. The number of carbonyl (C=O) groups is 1. The van der Waals surface area contributed by atoms with Gasteiger partial charge in [0.15, 0.2) is 0 Å². The summed E-state index contributed by atoms with van der Waals surface area (Å²) in [5.74, 6) is 2.17. The van der Waals surface area contributed by atoms with Gasteiger partial charge in [-0.2, -0.15) is 0 Å². The van der Waals surface area contributed by atoms with Gasteiger partial charge in [0.1, 0.15) is 17.2 Å². The summed E-state index contributed by atoms with van der Waals surface area (Å²) in [6.07, 6.45) is 0. The Balaban J connectivity index is 1.86. The van der Waals surface area contributed by atoms with Crippen molar-refractivity contribution in [2.24, 2.45) is 0 Å². The lowest BCUT2D eigenvalue weighted by molar-refractivity contribution is 0.0729. The highest BCUT2D eigenvalue weighted by Crippen LogP contribution is 2.20. The van der Waals surface area contributed by atoms with Crippen LogP contribution in [0, 0.1) is 0 Å². The number of ether oxygens (including phenoxy) is 3. The molecule has 1 amide bonds. The van der Waals surface area contributed by atoms with Crippen molar-refractivity contribution in [3.63, 3.8) is 0 Å². The first kappa shape index (κ1) is 20.3. The van der Waals surface area contributed by atoms with Crippen molar-refractivity contribution < 1.29 is 19.0 Å². The average Bonchev–Trinajstić information content (AvgIpc) is 2.79. The fourth-order valence-electron chi connectivity index (χ4n) is 3.04. The Labute approximate surface area is 171 Å². The van der Waals surface area contributed by atoms with Gasteiger partial charge in [-0.15, -0.1) is 0 Å². The highest BCUT2D eigenvalue weighted by Gasteiger charge is 2.17. The van der Waals surface area contributed by atoms with Crippen LogP contribution in [0.25, 0.3) is 0 Å². The molecule has 0 aliphatic carbocycles. The summed E-state index contributed by atoms with van der Waals surface area (Å²) in [6, 6.07) is 22.7. The summed E-state index contributed by atoms with van der Waals surface area (Å²) in [5, 5.41) is 0. The third-order valence-electron chi connectivity index (χ3n) is 4.67. The lowest BCUT2D eigenvalue weighted by atomic mass is 10.1. The Bertz CT molecular complexity index is 886. The van der Waals surface area contributed by atoms with Crippen LogP contribution in [0.4, 0.5) is 0 Å². The summed E-state index contributed by atoms with van der Waals surface area (Å²) in [5.41, 5.74) is 2.64. The summed E-state index contributed by atoms with van der Waals surface area (Å²) < 4.78 is 15.7. The first-order chi connectivity index (χ1) is 14.1. The highest BCUT2D eigenvalue weighted by molar-refractivity contribution is 5.94. The molecular weight excluding hydrogens is 366 g/mol. The zero-order chi connectivity index (χ0) is 20.6. The summed E-state index contributed by atoms with van der Waals surface area (Å²) in [6.45, 7) is 0.956. The number of benzene rings is 3. The lowest BCUT2D eigenvalue weighted by Crippen LogP contribution is -2.30. The van der Waals surface area contributed by atoms with Gasteiger partial charge in [-0.3, -0.25) is 4.79 Å². The number of methoxy groups -OCH3 is 3. The zero-order valence-corrected chi connectivity index (χ0v) is 16.9. The van der Waals surface area contributed by atoms with Crippen molar-refractivity contribution in [1.82, 2.24) is 4.90 Å². The third kappa shape index (κ3) is 5.29. The molecule has 0 aliphatic rings. The molecule has 0 heterocycles. The van der Waals surface area contributed by atoms with Crippen LogP contribution in [0.2, 0.25) is 0 Å². The second kappa shape index (κ2) is 9.64. The second-order valence-electron chi connectivity index (χ2n) is 6.59. The SMILES string of the molecule is COc1ccc(CN(Cc2ccc(OC)cc2)C(=O)c2cccc(OC)c2)cc1. The van der Waals surface area contributed by atoms with Gasteiger partial charge in [-0.1, -0.05) is 30.3 Å².